The second kappa shape index (κ2) is 7.08. The zero-order chi connectivity index (χ0) is 19.0. The number of nitrogens with zero attached hydrogens (tertiary/aromatic N) is 2. The molecule has 0 saturated carbocycles. The number of nitrogens with one attached hydrogen (secondary N) is 1. The van der Waals surface area contributed by atoms with E-state index >= 15 is 0 Å². The summed E-state index contributed by atoms with van der Waals surface area (Å²) in [5, 5.41) is 4.48. The molecule has 0 bridgehead atoms. The van der Waals surface area contributed by atoms with E-state index in [0.717, 1.165) is 37.9 Å². The third-order valence-electron chi connectivity index (χ3n) is 4.55. The highest BCUT2D eigenvalue weighted by Gasteiger charge is 2.17. The molecule has 3 nitrogen and oxygen atoms in total. The standard InChI is InChI=1S/C22H20FN3S/c1-13-4-6-16(7-5-13)12-24-21-20-19(17-8-10-18(23)11-9-17)14(2)27-22(20)26-15(3)25-21/h4-11H,12H2,1-3H3,(H,24,25,26). The van der Waals surface area contributed by atoms with Crippen molar-refractivity contribution in [3.8, 4) is 11.1 Å². The summed E-state index contributed by atoms with van der Waals surface area (Å²) in [5.41, 5.74) is 4.48. The van der Waals surface area contributed by atoms with Crippen LogP contribution < -0.4 is 5.32 Å². The predicted molar refractivity (Wildman–Crippen MR) is 111 cm³/mol. The Labute approximate surface area is 161 Å². The van der Waals surface area contributed by atoms with Gasteiger partial charge < -0.3 is 5.32 Å². The average molecular weight is 377 g/mol. The highest BCUT2D eigenvalue weighted by molar-refractivity contribution is 7.19. The SMILES string of the molecule is Cc1ccc(CNc2nc(C)nc3sc(C)c(-c4ccc(F)cc4)c23)cc1. The van der Waals surface area contributed by atoms with Gasteiger partial charge in [0.2, 0.25) is 0 Å². The molecule has 0 aliphatic carbocycles. The van der Waals surface area contributed by atoms with Crippen molar-refractivity contribution in [2.75, 3.05) is 5.32 Å². The summed E-state index contributed by atoms with van der Waals surface area (Å²) in [6.45, 7) is 6.74. The molecule has 2 heterocycles. The van der Waals surface area contributed by atoms with E-state index in [0.29, 0.717) is 6.54 Å². The van der Waals surface area contributed by atoms with Crippen molar-refractivity contribution < 1.29 is 4.39 Å². The molecule has 0 aliphatic rings. The van der Waals surface area contributed by atoms with Crippen LogP contribution in [-0.2, 0) is 6.54 Å². The van der Waals surface area contributed by atoms with E-state index in [2.05, 4.69) is 53.4 Å². The van der Waals surface area contributed by atoms with Crippen LogP contribution in [0.2, 0.25) is 0 Å². The number of aryl methyl sites for hydroxylation is 3. The van der Waals surface area contributed by atoms with Gasteiger partial charge in [-0.15, -0.1) is 11.3 Å². The van der Waals surface area contributed by atoms with E-state index in [1.54, 1.807) is 11.3 Å². The fraction of sp³-hybridized carbons (Fsp3) is 0.182. The molecule has 0 saturated heterocycles. The van der Waals surface area contributed by atoms with Gasteiger partial charge in [-0.25, -0.2) is 14.4 Å². The smallest absolute Gasteiger partial charge is 0.139 e. The van der Waals surface area contributed by atoms with E-state index in [4.69, 9.17) is 0 Å². The second-order valence-corrected chi connectivity index (χ2v) is 7.88. The van der Waals surface area contributed by atoms with Gasteiger partial charge in [-0.3, -0.25) is 0 Å². The highest BCUT2D eigenvalue weighted by Crippen LogP contribution is 2.40. The van der Waals surface area contributed by atoms with Gasteiger partial charge in [0.1, 0.15) is 22.3 Å². The summed E-state index contributed by atoms with van der Waals surface area (Å²) >= 11 is 1.64. The van der Waals surface area contributed by atoms with E-state index < -0.39 is 0 Å². The lowest BCUT2D eigenvalue weighted by atomic mass is 10.0. The van der Waals surface area contributed by atoms with Gasteiger partial charge in [-0.1, -0.05) is 42.0 Å². The molecular formula is C22H20FN3S. The lowest BCUT2D eigenvalue weighted by Gasteiger charge is -2.10. The van der Waals surface area contributed by atoms with Gasteiger partial charge in [-0.05, 0) is 44.0 Å². The van der Waals surface area contributed by atoms with Crippen LogP contribution in [0, 0.1) is 26.6 Å². The summed E-state index contributed by atoms with van der Waals surface area (Å²) in [7, 11) is 0. The summed E-state index contributed by atoms with van der Waals surface area (Å²) < 4.78 is 13.4. The molecule has 0 aliphatic heterocycles. The van der Waals surface area contributed by atoms with Crippen LogP contribution in [0.25, 0.3) is 21.3 Å². The minimum Gasteiger partial charge on any atom is -0.365 e. The number of fused-ring (bicyclic) bond motifs is 1. The Kier molecular flexibility index (Phi) is 4.62. The third kappa shape index (κ3) is 3.55. The predicted octanol–water partition coefficient (Wildman–Crippen LogP) is 6.03. The number of aromatic nitrogens is 2. The summed E-state index contributed by atoms with van der Waals surface area (Å²) in [6.07, 6.45) is 0. The molecule has 0 amide bonds. The molecule has 0 radical (unpaired) electrons. The molecule has 0 spiro atoms. The highest BCUT2D eigenvalue weighted by atomic mass is 32.1. The maximum absolute atomic E-state index is 13.4. The fourth-order valence-corrected chi connectivity index (χ4v) is 4.29. The number of halogens is 1. The number of rotatable bonds is 4. The number of anilines is 1. The summed E-state index contributed by atoms with van der Waals surface area (Å²) in [4.78, 5) is 11.4. The summed E-state index contributed by atoms with van der Waals surface area (Å²) in [6, 6.07) is 15.1. The zero-order valence-electron chi connectivity index (χ0n) is 15.5. The van der Waals surface area contributed by atoms with Crippen LogP contribution in [0.1, 0.15) is 21.8 Å². The molecule has 5 heteroatoms. The van der Waals surface area contributed by atoms with E-state index in [9.17, 15) is 4.39 Å². The van der Waals surface area contributed by atoms with Crippen molar-refractivity contribution in [3.05, 3.63) is 76.2 Å². The molecule has 0 unspecified atom stereocenters. The Morgan fingerprint density at radius 3 is 2.33 bits per heavy atom. The molecule has 27 heavy (non-hydrogen) atoms. The first-order valence-corrected chi connectivity index (χ1v) is 9.66. The molecule has 4 rings (SSSR count). The number of hydrogen-bond donors (Lipinski definition) is 1. The van der Waals surface area contributed by atoms with E-state index in [1.165, 1.54) is 23.3 Å². The minimum atomic E-state index is -0.235. The minimum absolute atomic E-state index is 0.235. The van der Waals surface area contributed by atoms with Crippen molar-refractivity contribution in [3.63, 3.8) is 0 Å². The second-order valence-electron chi connectivity index (χ2n) is 6.68. The first-order valence-electron chi connectivity index (χ1n) is 8.84. The first kappa shape index (κ1) is 17.6. The quantitative estimate of drug-likeness (QED) is 0.471. The van der Waals surface area contributed by atoms with Gasteiger partial charge in [0, 0.05) is 17.0 Å². The first-order chi connectivity index (χ1) is 13.0. The van der Waals surface area contributed by atoms with Crippen molar-refractivity contribution in [1.29, 1.82) is 0 Å². The monoisotopic (exact) mass is 377 g/mol. The Morgan fingerprint density at radius 1 is 0.926 bits per heavy atom. The largest absolute Gasteiger partial charge is 0.365 e. The summed E-state index contributed by atoms with van der Waals surface area (Å²) in [5.74, 6) is 1.32. The lowest BCUT2D eigenvalue weighted by molar-refractivity contribution is 0.628. The Bertz CT molecular complexity index is 1100. The van der Waals surface area contributed by atoms with Crippen molar-refractivity contribution in [2.45, 2.75) is 27.3 Å². The van der Waals surface area contributed by atoms with Crippen LogP contribution in [-0.4, -0.2) is 9.97 Å². The van der Waals surface area contributed by atoms with Crippen LogP contribution in [0.3, 0.4) is 0 Å². The number of thiophene rings is 1. The molecule has 1 N–H and O–H groups in total. The van der Waals surface area contributed by atoms with Gasteiger partial charge in [0.05, 0.1) is 5.39 Å². The lowest BCUT2D eigenvalue weighted by Crippen LogP contribution is -2.04. The normalized spacial score (nSPS) is 11.1. The van der Waals surface area contributed by atoms with Gasteiger partial charge in [0.15, 0.2) is 0 Å². The molecule has 0 atom stereocenters. The Balaban J connectivity index is 1.79. The average Bonchev–Trinajstić information content (AvgIpc) is 2.97. The Morgan fingerprint density at radius 2 is 1.63 bits per heavy atom. The number of benzene rings is 2. The van der Waals surface area contributed by atoms with Gasteiger partial charge in [0.25, 0.3) is 0 Å². The van der Waals surface area contributed by atoms with Crippen LogP contribution in [0.4, 0.5) is 10.2 Å². The molecule has 136 valence electrons. The maximum atomic E-state index is 13.4. The topological polar surface area (TPSA) is 37.8 Å². The van der Waals surface area contributed by atoms with Crippen molar-refractivity contribution in [2.24, 2.45) is 0 Å². The molecular weight excluding hydrogens is 357 g/mol. The molecule has 4 aromatic rings. The van der Waals surface area contributed by atoms with Crippen LogP contribution in [0.15, 0.2) is 48.5 Å². The molecule has 2 aromatic heterocycles. The third-order valence-corrected chi connectivity index (χ3v) is 5.55. The van der Waals surface area contributed by atoms with Crippen molar-refractivity contribution in [1.82, 2.24) is 9.97 Å². The van der Waals surface area contributed by atoms with Gasteiger partial charge >= 0.3 is 0 Å². The van der Waals surface area contributed by atoms with Crippen LogP contribution in [0.5, 0.6) is 0 Å². The van der Waals surface area contributed by atoms with Crippen molar-refractivity contribution >= 4 is 27.4 Å². The van der Waals surface area contributed by atoms with Crippen LogP contribution >= 0.6 is 11.3 Å². The van der Waals surface area contributed by atoms with E-state index in [-0.39, 0.29) is 5.82 Å². The van der Waals surface area contributed by atoms with Gasteiger partial charge in [-0.2, -0.15) is 0 Å². The maximum Gasteiger partial charge on any atom is 0.139 e. The fourth-order valence-electron chi connectivity index (χ4n) is 3.20. The molecule has 0 fully saturated rings. The molecule has 2 aromatic carbocycles. The van der Waals surface area contributed by atoms with E-state index in [1.807, 2.05) is 19.1 Å². The number of hydrogen-bond acceptors (Lipinski definition) is 4. The zero-order valence-corrected chi connectivity index (χ0v) is 16.3. The Hall–Kier alpha value is -2.79.